The molecule has 2 heteroatoms. The van der Waals surface area contributed by atoms with Crippen LogP contribution < -0.4 is 0 Å². The van der Waals surface area contributed by atoms with Crippen molar-refractivity contribution >= 4 is 26.8 Å². The fraction of sp³-hybridized carbons (Fsp3) is 0.273. The smallest absolute Gasteiger partial charge is 0.0456 e. The largest absolute Gasteiger partial charge is 0.361 e. The van der Waals surface area contributed by atoms with Crippen LogP contribution >= 0.6 is 15.9 Å². The van der Waals surface area contributed by atoms with E-state index in [1.165, 1.54) is 16.5 Å². The summed E-state index contributed by atoms with van der Waals surface area (Å²) in [5, 5.41) is 1.28. The maximum atomic E-state index is 3.56. The Hall–Kier alpha value is -0.760. The van der Waals surface area contributed by atoms with Crippen LogP contribution in [0.25, 0.3) is 10.9 Å². The number of aromatic nitrogens is 1. The summed E-state index contributed by atoms with van der Waals surface area (Å²) in [5.74, 6) is 0. The van der Waals surface area contributed by atoms with E-state index in [2.05, 4.69) is 52.1 Å². The van der Waals surface area contributed by atoms with Crippen LogP contribution in [0.3, 0.4) is 0 Å². The molecule has 1 heterocycles. The molecule has 0 spiro atoms. The highest BCUT2D eigenvalue weighted by atomic mass is 79.9. The van der Waals surface area contributed by atoms with Gasteiger partial charge in [-0.15, -0.1) is 0 Å². The summed E-state index contributed by atoms with van der Waals surface area (Å²) in [7, 11) is 0. The van der Waals surface area contributed by atoms with Crippen LogP contribution in [0.2, 0.25) is 0 Å². The van der Waals surface area contributed by atoms with Crippen molar-refractivity contribution in [3.05, 3.63) is 36.0 Å². The van der Waals surface area contributed by atoms with E-state index < -0.39 is 0 Å². The predicted octanol–water partition coefficient (Wildman–Crippen LogP) is 3.49. The third-order valence-electron chi connectivity index (χ3n) is 2.14. The summed E-state index contributed by atoms with van der Waals surface area (Å²) in [6.45, 7) is 2.17. The molecule has 2 aromatic rings. The molecule has 1 N–H and O–H groups in total. The molecule has 1 aromatic heterocycles. The van der Waals surface area contributed by atoms with Crippen molar-refractivity contribution in [2.75, 3.05) is 0 Å². The molecule has 1 unspecified atom stereocenters. The van der Waals surface area contributed by atoms with Gasteiger partial charge in [0.2, 0.25) is 0 Å². The molecular weight excluding hydrogens is 226 g/mol. The number of alkyl halides is 1. The summed E-state index contributed by atoms with van der Waals surface area (Å²) in [5.41, 5.74) is 2.60. The third kappa shape index (κ3) is 1.94. The Morgan fingerprint density at radius 2 is 2.23 bits per heavy atom. The van der Waals surface area contributed by atoms with E-state index in [1.54, 1.807) is 0 Å². The summed E-state index contributed by atoms with van der Waals surface area (Å²) < 4.78 is 0. The summed E-state index contributed by atoms with van der Waals surface area (Å²) in [4.78, 5) is 3.76. The zero-order valence-electron chi connectivity index (χ0n) is 7.55. The molecule has 13 heavy (non-hydrogen) atoms. The van der Waals surface area contributed by atoms with E-state index in [9.17, 15) is 0 Å². The highest BCUT2D eigenvalue weighted by molar-refractivity contribution is 9.09. The van der Waals surface area contributed by atoms with Crippen LogP contribution in [0.4, 0.5) is 0 Å². The Morgan fingerprint density at radius 1 is 1.38 bits per heavy atom. The number of hydrogen-bond donors (Lipinski definition) is 1. The highest BCUT2D eigenvalue weighted by Crippen LogP contribution is 2.16. The van der Waals surface area contributed by atoms with Crippen LogP contribution in [0.15, 0.2) is 30.5 Å². The average molecular weight is 238 g/mol. The van der Waals surface area contributed by atoms with Gasteiger partial charge in [-0.2, -0.15) is 0 Å². The SMILES string of the molecule is CC(Br)Cc1ccc2cc[nH]c2c1. The van der Waals surface area contributed by atoms with E-state index in [0.717, 1.165) is 6.42 Å². The van der Waals surface area contributed by atoms with Gasteiger partial charge in [0.05, 0.1) is 0 Å². The molecule has 0 radical (unpaired) electrons. The monoisotopic (exact) mass is 237 g/mol. The topological polar surface area (TPSA) is 15.8 Å². The Kier molecular flexibility index (Phi) is 2.40. The standard InChI is InChI=1S/C11H12BrN/c1-8(12)6-9-2-3-10-4-5-13-11(10)7-9/h2-5,7-8,13H,6H2,1H3. The Labute approximate surface area is 86.3 Å². The molecule has 0 aliphatic carbocycles. The van der Waals surface area contributed by atoms with E-state index in [4.69, 9.17) is 0 Å². The lowest BCUT2D eigenvalue weighted by Crippen LogP contribution is -1.95. The highest BCUT2D eigenvalue weighted by Gasteiger charge is 2.00. The molecular formula is C11H12BrN. The zero-order valence-corrected chi connectivity index (χ0v) is 9.14. The van der Waals surface area contributed by atoms with Gasteiger partial charge in [-0.05, 0) is 29.5 Å². The molecule has 0 aliphatic rings. The number of H-pyrrole nitrogens is 1. The fourth-order valence-corrected chi connectivity index (χ4v) is 1.92. The van der Waals surface area contributed by atoms with E-state index >= 15 is 0 Å². The normalized spacial score (nSPS) is 13.4. The van der Waals surface area contributed by atoms with Gasteiger partial charge >= 0.3 is 0 Å². The first-order valence-corrected chi connectivity index (χ1v) is 5.37. The lowest BCUT2D eigenvalue weighted by Gasteiger charge is -2.02. The van der Waals surface area contributed by atoms with Crippen molar-refractivity contribution in [3.8, 4) is 0 Å². The average Bonchev–Trinajstić information content (AvgIpc) is 2.49. The maximum absolute atomic E-state index is 3.56. The number of nitrogens with one attached hydrogen (secondary N) is 1. The Bertz CT molecular complexity index is 403. The number of rotatable bonds is 2. The van der Waals surface area contributed by atoms with Crippen molar-refractivity contribution < 1.29 is 0 Å². The first kappa shape index (κ1) is 8.82. The zero-order chi connectivity index (χ0) is 9.26. The van der Waals surface area contributed by atoms with Gasteiger partial charge in [0.1, 0.15) is 0 Å². The Morgan fingerprint density at radius 3 is 3.00 bits per heavy atom. The first-order chi connectivity index (χ1) is 6.25. The number of aromatic amines is 1. The van der Waals surface area contributed by atoms with Crippen molar-refractivity contribution in [1.29, 1.82) is 0 Å². The second-order valence-electron chi connectivity index (χ2n) is 3.38. The van der Waals surface area contributed by atoms with Gasteiger partial charge < -0.3 is 4.98 Å². The maximum Gasteiger partial charge on any atom is 0.0456 e. The Balaban J connectivity index is 2.37. The van der Waals surface area contributed by atoms with Crippen LogP contribution in [-0.2, 0) is 6.42 Å². The van der Waals surface area contributed by atoms with Crippen molar-refractivity contribution in [2.45, 2.75) is 18.2 Å². The molecule has 0 fully saturated rings. The van der Waals surface area contributed by atoms with Gasteiger partial charge in [-0.1, -0.05) is 35.0 Å². The van der Waals surface area contributed by atoms with Gasteiger partial charge in [0, 0.05) is 16.5 Å². The van der Waals surface area contributed by atoms with E-state index in [-0.39, 0.29) is 0 Å². The lowest BCUT2D eigenvalue weighted by molar-refractivity contribution is 0.961. The van der Waals surface area contributed by atoms with Crippen molar-refractivity contribution in [3.63, 3.8) is 0 Å². The molecule has 2 rings (SSSR count). The molecule has 0 saturated carbocycles. The molecule has 0 saturated heterocycles. The minimum atomic E-state index is 0.542. The predicted molar refractivity (Wildman–Crippen MR) is 60.4 cm³/mol. The van der Waals surface area contributed by atoms with Crippen molar-refractivity contribution in [2.24, 2.45) is 0 Å². The van der Waals surface area contributed by atoms with E-state index in [1.807, 2.05) is 6.20 Å². The van der Waals surface area contributed by atoms with Crippen molar-refractivity contribution in [1.82, 2.24) is 4.98 Å². The number of halogens is 1. The number of hydrogen-bond acceptors (Lipinski definition) is 0. The summed E-state index contributed by atoms with van der Waals surface area (Å²) in [6, 6.07) is 8.66. The van der Waals surface area contributed by atoms with Gasteiger partial charge in [0.25, 0.3) is 0 Å². The minimum Gasteiger partial charge on any atom is -0.361 e. The molecule has 1 aromatic carbocycles. The fourth-order valence-electron chi connectivity index (χ4n) is 1.55. The van der Waals surface area contributed by atoms with Crippen LogP contribution in [0.1, 0.15) is 12.5 Å². The van der Waals surface area contributed by atoms with Crippen LogP contribution in [0, 0.1) is 0 Å². The summed E-state index contributed by atoms with van der Waals surface area (Å²) >= 11 is 3.56. The molecule has 1 atom stereocenters. The van der Waals surface area contributed by atoms with E-state index in [0.29, 0.717) is 4.83 Å². The van der Waals surface area contributed by atoms with Crippen LogP contribution in [0.5, 0.6) is 0 Å². The minimum absolute atomic E-state index is 0.542. The van der Waals surface area contributed by atoms with Gasteiger partial charge in [0.15, 0.2) is 0 Å². The second-order valence-corrected chi connectivity index (χ2v) is 4.95. The van der Waals surface area contributed by atoms with Crippen LogP contribution in [-0.4, -0.2) is 9.81 Å². The molecule has 0 bridgehead atoms. The lowest BCUT2D eigenvalue weighted by atomic mass is 10.1. The molecule has 68 valence electrons. The third-order valence-corrected chi connectivity index (χ3v) is 2.46. The molecule has 0 amide bonds. The van der Waals surface area contributed by atoms with Gasteiger partial charge in [-0.25, -0.2) is 0 Å². The second kappa shape index (κ2) is 3.54. The van der Waals surface area contributed by atoms with Gasteiger partial charge in [-0.3, -0.25) is 0 Å². The number of benzene rings is 1. The summed E-state index contributed by atoms with van der Waals surface area (Å²) in [6.07, 6.45) is 3.06. The quantitative estimate of drug-likeness (QED) is 0.771. The molecule has 1 nitrogen and oxygen atoms in total. The first-order valence-electron chi connectivity index (χ1n) is 4.46. The number of fused-ring (bicyclic) bond motifs is 1. The molecule has 0 aliphatic heterocycles.